The quantitative estimate of drug-likeness (QED) is 0.0301. The number of carboxylic acid groups (broad SMARTS) is 2. The Morgan fingerprint density at radius 3 is 1.57 bits per heavy atom. The van der Waals surface area contributed by atoms with Crippen molar-refractivity contribution in [3.05, 3.63) is 101 Å². The second-order valence-electron chi connectivity index (χ2n) is 11.0. The molecule has 0 saturated carbocycles. The van der Waals surface area contributed by atoms with Crippen LogP contribution >= 0.6 is 0 Å². The maximum atomic E-state index is 13.7. The molecule has 0 heterocycles. The molecule has 0 aromatic heterocycles. The van der Waals surface area contributed by atoms with Crippen LogP contribution in [0, 0.1) is 0 Å². The van der Waals surface area contributed by atoms with Crippen molar-refractivity contribution in [2.75, 3.05) is 0 Å². The molecule has 8 N–H and O–H groups in total. The molecule has 0 aliphatic rings. The summed E-state index contributed by atoms with van der Waals surface area (Å²) in [5.41, 5.74) is -1.24. The van der Waals surface area contributed by atoms with Gasteiger partial charge >= 0.3 is 35.0 Å². The average Bonchev–Trinajstić information content (AvgIpc) is 3.08. The van der Waals surface area contributed by atoms with Crippen molar-refractivity contribution in [1.82, 2.24) is 0 Å². The fourth-order valence-corrected chi connectivity index (χ4v) is 4.74. The van der Waals surface area contributed by atoms with Gasteiger partial charge in [-0.25, -0.2) is 9.59 Å². The molecule has 0 bridgehead atoms. The number of rotatable bonds is 13. The van der Waals surface area contributed by atoms with E-state index in [1.54, 1.807) is 0 Å². The van der Waals surface area contributed by atoms with Crippen molar-refractivity contribution in [2.24, 2.45) is 0 Å². The minimum atomic E-state index is -2.04. The van der Waals surface area contributed by atoms with E-state index in [4.69, 9.17) is 9.47 Å². The first-order chi connectivity index (χ1) is 24.5. The van der Waals surface area contributed by atoms with Gasteiger partial charge in [0, 0.05) is 24.5 Å². The van der Waals surface area contributed by atoms with Crippen molar-refractivity contribution in [1.29, 1.82) is 0 Å². The largest absolute Gasteiger partial charge is 2.00 e. The van der Waals surface area contributed by atoms with E-state index in [0.29, 0.717) is 6.08 Å². The summed E-state index contributed by atoms with van der Waals surface area (Å²) < 4.78 is 10.2. The van der Waals surface area contributed by atoms with Gasteiger partial charge in [0.1, 0.15) is 12.2 Å². The second kappa shape index (κ2) is 17.6. The van der Waals surface area contributed by atoms with Gasteiger partial charge in [-0.2, -0.15) is 0 Å². The van der Waals surface area contributed by atoms with Crippen molar-refractivity contribution >= 4 is 64.7 Å². The summed E-state index contributed by atoms with van der Waals surface area (Å²) in [6.45, 7) is 0. The van der Waals surface area contributed by atoms with E-state index in [0.717, 1.165) is 60.7 Å². The third kappa shape index (κ3) is 10.5. The number of carbonyl (C=O) groups is 4. The van der Waals surface area contributed by atoms with E-state index < -0.39 is 106 Å². The molecule has 53 heavy (non-hydrogen) atoms. The van der Waals surface area contributed by atoms with Crippen LogP contribution in [0.5, 0.6) is 46.0 Å². The average molecular weight is 741 g/mol. The summed E-state index contributed by atoms with van der Waals surface area (Å²) in [5.74, 6) is -11.6. The summed E-state index contributed by atoms with van der Waals surface area (Å²) in [6.07, 6.45) is -2.39. The molecular formula is C36H28MgO16. The number of carboxylic acids is 2. The number of aliphatic carboxylic acids is 2. The third-order valence-electron chi connectivity index (χ3n) is 7.34. The van der Waals surface area contributed by atoms with Gasteiger partial charge < -0.3 is 70.1 Å². The van der Waals surface area contributed by atoms with E-state index in [1.807, 2.05) is 0 Å². The number of aromatic hydroxyl groups is 8. The Balaban J connectivity index is 0.00000756. The number of hydrogen-bond donors (Lipinski definition) is 8. The number of esters is 2. The number of carbonyl (C=O) groups excluding carboxylic acids is 4. The Bertz CT molecular complexity index is 2110. The maximum absolute atomic E-state index is 13.7. The van der Waals surface area contributed by atoms with E-state index in [-0.39, 0.29) is 45.3 Å². The zero-order chi connectivity index (χ0) is 38.3. The van der Waals surface area contributed by atoms with Crippen LogP contribution in [-0.4, -0.2) is 100.0 Å². The molecule has 16 nitrogen and oxygen atoms in total. The SMILES string of the molecule is O=C(/C=C/c1ccc(O)c(O)c1/C(=C/c1ccc(O)c(O)c1)C(=O)O[C@H](Cc1ccc(O)c(O)c1)C(=O)[O-])O[C@H](Cc1ccc(O)c(O)c1)C(=O)[O-].[Mg+2]. The normalized spacial score (nSPS) is 12.3. The van der Waals surface area contributed by atoms with Gasteiger partial charge in [-0.1, -0.05) is 24.3 Å². The molecule has 0 aliphatic carbocycles. The Kier molecular flexibility index (Phi) is 13.5. The van der Waals surface area contributed by atoms with Crippen LogP contribution in [0.4, 0.5) is 0 Å². The number of phenolic OH excluding ortho intramolecular Hbond substituents is 8. The summed E-state index contributed by atoms with van der Waals surface area (Å²) in [5, 5.41) is 103. The zero-order valence-electron chi connectivity index (χ0n) is 27.2. The molecule has 0 unspecified atom stereocenters. The van der Waals surface area contributed by atoms with Gasteiger partial charge in [0.15, 0.2) is 46.0 Å². The van der Waals surface area contributed by atoms with Crippen LogP contribution in [0.2, 0.25) is 0 Å². The van der Waals surface area contributed by atoms with Crippen LogP contribution in [0.3, 0.4) is 0 Å². The molecular weight excluding hydrogens is 713 g/mol. The minimum Gasteiger partial charge on any atom is -0.546 e. The fourth-order valence-electron chi connectivity index (χ4n) is 4.74. The summed E-state index contributed by atoms with van der Waals surface area (Å²) in [4.78, 5) is 50.2. The van der Waals surface area contributed by atoms with E-state index >= 15 is 0 Å². The molecule has 0 saturated heterocycles. The van der Waals surface area contributed by atoms with Gasteiger partial charge in [0.25, 0.3) is 0 Å². The van der Waals surface area contributed by atoms with Crippen LogP contribution < -0.4 is 10.2 Å². The number of hydrogen-bond acceptors (Lipinski definition) is 16. The van der Waals surface area contributed by atoms with Crippen molar-refractivity contribution in [3.8, 4) is 46.0 Å². The molecule has 17 heteroatoms. The predicted molar refractivity (Wildman–Crippen MR) is 179 cm³/mol. The Labute approximate surface area is 315 Å². The molecule has 0 spiro atoms. The smallest absolute Gasteiger partial charge is 0.546 e. The molecule has 0 fully saturated rings. The van der Waals surface area contributed by atoms with Gasteiger partial charge in [-0.05, 0) is 76.9 Å². The van der Waals surface area contributed by atoms with Crippen LogP contribution in [-0.2, 0) is 41.5 Å². The standard InChI is InChI=1S/C36H30O16.Mg/c37-22-6-1-17(12-26(22)41)11-21(36(50)52-30(35(48)49)16-19-3-8-24(39)28(43)14-19)32-20(4-9-25(40)33(32)45)5-10-31(44)51-29(34(46)47)15-18-2-7-23(38)27(42)13-18;/h1-14,29-30,37-43,45H,15-16H2,(H,46,47)(H,48,49);/q;+2/p-2/b10-5+,21-11-;/t29-,30-;/m1./s1. The molecule has 2 atom stereocenters. The number of ether oxygens (including phenoxy) is 2. The van der Waals surface area contributed by atoms with Gasteiger partial charge in [-0.3, -0.25) is 0 Å². The maximum Gasteiger partial charge on any atom is 2.00 e. The second-order valence-corrected chi connectivity index (χ2v) is 11.0. The predicted octanol–water partition coefficient (Wildman–Crippen LogP) is 0.313. The van der Waals surface area contributed by atoms with E-state index in [9.17, 15) is 70.2 Å². The van der Waals surface area contributed by atoms with Crippen molar-refractivity contribution < 1.29 is 79.7 Å². The number of phenols is 8. The summed E-state index contributed by atoms with van der Waals surface area (Å²) in [6, 6.07) is 12.0. The molecule has 270 valence electrons. The van der Waals surface area contributed by atoms with Crippen LogP contribution in [0.15, 0.2) is 72.8 Å². The van der Waals surface area contributed by atoms with Gasteiger partial charge in [-0.15, -0.1) is 0 Å². The number of benzene rings is 4. The van der Waals surface area contributed by atoms with E-state index in [2.05, 4.69) is 0 Å². The summed E-state index contributed by atoms with van der Waals surface area (Å²) in [7, 11) is 0. The van der Waals surface area contributed by atoms with Crippen LogP contribution in [0.25, 0.3) is 17.7 Å². The van der Waals surface area contributed by atoms with Gasteiger partial charge in [0.2, 0.25) is 0 Å². The molecule has 0 radical (unpaired) electrons. The molecule has 4 aromatic carbocycles. The Morgan fingerprint density at radius 2 is 1.08 bits per heavy atom. The zero-order valence-corrected chi connectivity index (χ0v) is 28.6. The van der Waals surface area contributed by atoms with Crippen molar-refractivity contribution in [2.45, 2.75) is 25.0 Å². The monoisotopic (exact) mass is 740 g/mol. The first-order valence-electron chi connectivity index (χ1n) is 14.9. The molecule has 4 rings (SSSR count). The van der Waals surface area contributed by atoms with Crippen molar-refractivity contribution in [3.63, 3.8) is 0 Å². The Morgan fingerprint density at radius 1 is 0.604 bits per heavy atom. The van der Waals surface area contributed by atoms with Gasteiger partial charge in [0.05, 0.1) is 17.5 Å². The topological polar surface area (TPSA) is 295 Å². The third-order valence-corrected chi connectivity index (χ3v) is 7.34. The van der Waals surface area contributed by atoms with Crippen LogP contribution in [0.1, 0.15) is 27.8 Å². The minimum absolute atomic E-state index is 0. The molecule has 4 aromatic rings. The molecule has 0 amide bonds. The first kappa shape index (κ1) is 40.8. The molecule has 0 aliphatic heterocycles. The first-order valence-corrected chi connectivity index (χ1v) is 14.9. The Hall–Kier alpha value is -6.59. The summed E-state index contributed by atoms with van der Waals surface area (Å²) >= 11 is 0. The van der Waals surface area contributed by atoms with E-state index in [1.165, 1.54) is 18.2 Å². The fraction of sp³-hybridized carbons (Fsp3) is 0.111.